The zero-order chi connectivity index (χ0) is 24.1. The molecule has 34 heavy (non-hydrogen) atoms. The molecular weight excluding hydrogens is 448 g/mol. The summed E-state index contributed by atoms with van der Waals surface area (Å²) >= 11 is 1.45. The molecule has 3 aromatic rings. The van der Waals surface area contributed by atoms with Crippen molar-refractivity contribution in [3.8, 4) is 5.75 Å². The number of thiophene rings is 1. The van der Waals surface area contributed by atoms with Crippen LogP contribution >= 0.6 is 11.3 Å². The summed E-state index contributed by atoms with van der Waals surface area (Å²) in [7, 11) is 1.37. The van der Waals surface area contributed by atoms with Crippen molar-refractivity contribution < 1.29 is 19.1 Å². The van der Waals surface area contributed by atoms with E-state index in [1.807, 2.05) is 42.5 Å². The lowest BCUT2D eigenvalue weighted by atomic mass is 10.0. The molecule has 0 saturated carbocycles. The fourth-order valence-corrected chi connectivity index (χ4v) is 5.39. The summed E-state index contributed by atoms with van der Waals surface area (Å²) in [5, 5.41) is 3.41. The fraction of sp³-hybridized carbons (Fsp3) is 0.333. The van der Waals surface area contributed by atoms with E-state index in [4.69, 9.17) is 9.47 Å². The van der Waals surface area contributed by atoms with Crippen molar-refractivity contribution in [2.24, 2.45) is 0 Å². The van der Waals surface area contributed by atoms with Crippen LogP contribution in [0.1, 0.15) is 51.7 Å². The van der Waals surface area contributed by atoms with E-state index in [1.54, 1.807) is 0 Å². The topological polar surface area (TPSA) is 67.9 Å². The maximum Gasteiger partial charge on any atom is 0.341 e. The third-order valence-electron chi connectivity index (χ3n) is 5.94. The fourth-order valence-electron chi connectivity index (χ4n) is 4.10. The second kappa shape index (κ2) is 10.8. The quantitative estimate of drug-likeness (QED) is 0.449. The second-order valence-corrected chi connectivity index (χ2v) is 9.81. The van der Waals surface area contributed by atoms with Gasteiger partial charge in [-0.15, -0.1) is 11.3 Å². The van der Waals surface area contributed by atoms with E-state index in [1.165, 1.54) is 29.6 Å². The average molecular weight is 479 g/mol. The first-order valence-electron chi connectivity index (χ1n) is 11.5. The molecule has 2 heterocycles. The molecule has 0 unspecified atom stereocenters. The molecule has 0 aliphatic carbocycles. The first kappa shape index (κ1) is 24.0. The summed E-state index contributed by atoms with van der Waals surface area (Å²) in [6.07, 6.45) is 0.734. The van der Waals surface area contributed by atoms with Crippen LogP contribution in [0.3, 0.4) is 0 Å². The Labute approximate surface area is 204 Å². The number of carbonyl (C=O) groups is 2. The predicted octanol–water partition coefficient (Wildman–Crippen LogP) is 5.23. The highest BCUT2D eigenvalue weighted by molar-refractivity contribution is 7.17. The number of rotatable bonds is 8. The molecule has 6 nitrogen and oxygen atoms in total. The normalized spacial score (nSPS) is 13.4. The third-order valence-corrected chi connectivity index (χ3v) is 7.08. The van der Waals surface area contributed by atoms with Crippen molar-refractivity contribution in [3.63, 3.8) is 0 Å². The van der Waals surface area contributed by atoms with Crippen molar-refractivity contribution >= 4 is 28.2 Å². The number of benzene rings is 2. The molecule has 4 rings (SSSR count). The number of methoxy groups -OCH3 is 1. The maximum atomic E-state index is 12.7. The Morgan fingerprint density at radius 2 is 1.82 bits per heavy atom. The van der Waals surface area contributed by atoms with Crippen molar-refractivity contribution in [1.29, 1.82) is 0 Å². The van der Waals surface area contributed by atoms with Gasteiger partial charge in [-0.2, -0.15) is 0 Å². The molecule has 2 aromatic carbocycles. The molecule has 0 atom stereocenters. The number of ether oxygens (including phenoxy) is 2. The van der Waals surface area contributed by atoms with Gasteiger partial charge >= 0.3 is 5.97 Å². The molecule has 1 N–H and O–H groups in total. The summed E-state index contributed by atoms with van der Waals surface area (Å²) in [6.45, 7) is 6.54. The number of fused-ring (bicyclic) bond motifs is 1. The van der Waals surface area contributed by atoms with Crippen LogP contribution in [0.2, 0.25) is 0 Å². The Morgan fingerprint density at radius 1 is 1.09 bits per heavy atom. The monoisotopic (exact) mass is 478 g/mol. The highest BCUT2D eigenvalue weighted by Crippen LogP contribution is 2.38. The second-order valence-electron chi connectivity index (χ2n) is 8.71. The maximum absolute atomic E-state index is 12.7. The lowest BCUT2D eigenvalue weighted by Gasteiger charge is -2.27. The molecule has 1 amide bonds. The van der Waals surface area contributed by atoms with Crippen molar-refractivity contribution in [1.82, 2.24) is 4.90 Å². The van der Waals surface area contributed by atoms with E-state index in [0.717, 1.165) is 36.5 Å². The summed E-state index contributed by atoms with van der Waals surface area (Å²) in [6, 6.07) is 18.1. The molecule has 1 aliphatic rings. The minimum Gasteiger partial charge on any atom is -0.484 e. The Balaban J connectivity index is 1.44. The van der Waals surface area contributed by atoms with E-state index < -0.39 is 5.97 Å². The van der Waals surface area contributed by atoms with Gasteiger partial charge in [-0.05, 0) is 41.2 Å². The average Bonchev–Trinajstić information content (AvgIpc) is 3.20. The zero-order valence-electron chi connectivity index (χ0n) is 19.8. The number of hydrogen-bond donors (Lipinski definition) is 1. The van der Waals surface area contributed by atoms with Crippen LogP contribution in [-0.2, 0) is 29.0 Å². The number of hydrogen-bond acceptors (Lipinski definition) is 6. The third kappa shape index (κ3) is 5.66. The first-order valence-corrected chi connectivity index (χ1v) is 12.3. The molecule has 1 aliphatic heterocycles. The largest absolute Gasteiger partial charge is 0.484 e. The highest BCUT2D eigenvalue weighted by Gasteiger charge is 2.29. The molecule has 0 fully saturated rings. The molecule has 1 aromatic heterocycles. The van der Waals surface area contributed by atoms with Crippen LogP contribution < -0.4 is 10.1 Å². The van der Waals surface area contributed by atoms with Crippen LogP contribution in [-0.4, -0.2) is 37.0 Å². The van der Waals surface area contributed by atoms with Gasteiger partial charge in [-0.3, -0.25) is 9.69 Å². The lowest BCUT2D eigenvalue weighted by Crippen LogP contribution is -2.29. The van der Waals surface area contributed by atoms with Gasteiger partial charge in [0, 0.05) is 24.5 Å². The first-order chi connectivity index (χ1) is 16.4. The number of nitrogens with zero attached hydrogens (tertiary/aromatic N) is 1. The Hall–Kier alpha value is -3.16. The van der Waals surface area contributed by atoms with Crippen molar-refractivity contribution in [2.45, 2.75) is 39.3 Å². The zero-order valence-corrected chi connectivity index (χ0v) is 20.6. The number of esters is 1. The molecule has 7 heteroatoms. The van der Waals surface area contributed by atoms with E-state index in [9.17, 15) is 9.59 Å². The van der Waals surface area contributed by atoms with Gasteiger partial charge in [0.25, 0.3) is 5.91 Å². The van der Waals surface area contributed by atoms with Gasteiger partial charge in [0.1, 0.15) is 10.8 Å². The molecule has 0 radical (unpaired) electrons. The van der Waals surface area contributed by atoms with Gasteiger partial charge in [0.2, 0.25) is 0 Å². The van der Waals surface area contributed by atoms with Crippen molar-refractivity contribution in [2.75, 3.05) is 25.6 Å². The predicted molar refractivity (Wildman–Crippen MR) is 135 cm³/mol. The van der Waals surface area contributed by atoms with Gasteiger partial charge in [0.15, 0.2) is 6.61 Å². The summed E-state index contributed by atoms with van der Waals surface area (Å²) in [4.78, 5) is 28.7. The van der Waals surface area contributed by atoms with Crippen molar-refractivity contribution in [3.05, 3.63) is 81.7 Å². The summed E-state index contributed by atoms with van der Waals surface area (Å²) in [5.41, 5.74) is 3.91. The molecular formula is C27H30N2O4S. The number of carbonyl (C=O) groups excluding carboxylic acids is 2. The number of amides is 1. The van der Waals surface area contributed by atoms with E-state index in [-0.39, 0.29) is 12.5 Å². The van der Waals surface area contributed by atoms with Gasteiger partial charge < -0.3 is 14.8 Å². The Bertz CT molecular complexity index is 1140. The Morgan fingerprint density at radius 3 is 2.50 bits per heavy atom. The molecule has 0 saturated heterocycles. The van der Waals surface area contributed by atoms with Gasteiger partial charge in [-0.1, -0.05) is 56.3 Å². The smallest absolute Gasteiger partial charge is 0.341 e. The van der Waals surface area contributed by atoms with E-state index >= 15 is 0 Å². The van der Waals surface area contributed by atoms with E-state index in [0.29, 0.717) is 22.2 Å². The van der Waals surface area contributed by atoms with Crippen LogP contribution in [0.15, 0.2) is 54.6 Å². The minimum absolute atomic E-state index is 0.135. The molecule has 0 bridgehead atoms. The number of nitrogens with one attached hydrogen (secondary N) is 1. The van der Waals surface area contributed by atoms with Gasteiger partial charge in [-0.25, -0.2) is 4.79 Å². The SMILES string of the molecule is COC(=O)c1c(NC(=O)COc2ccc(C(C)C)cc2)sc2c1CCN(Cc1ccccc1)C2. The van der Waals surface area contributed by atoms with E-state index in [2.05, 4.69) is 36.2 Å². The van der Waals surface area contributed by atoms with Gasteiger partial charge in [0.05, 0.1) is 12.7 Å². The van der Waals surface area contributed by atoms with Crippen LogP contribution in [0.4, 0.5) is 5.00 Å². The van der Waals surface area contributed by atoms with Crippen LogP contribution in [0.25, 0.3) is 0 Å². The molecule has 0 spiro atoms. The lowest BCUT2D eigenvalue weighted by molar-refractivity contribution is -0.118. The molecule has 178 valence electrons. The highest BCUT2D eigenvalue weighted by atomic mass is 32.1. The summed E-state index contributed by atoms with van der Waals surface area (Å²) in [5.74, 6) is 0.338. The summed E-state index contributed by atoms with van der Waals surface area (Å²) < 4.78 is 10.7. The van der Waals surface area contributed by atoms with Crippen LogP contribution in [0, 0.1) is 0 Å². The van der Waals surface area contributed by atoms with Crippen LogP contribution in [0.5, 0.6) is 5.75 Å². The Kier molecular flexibility index (Phi) is 7.65. The standard InChI is InChI=1S/C27H30N2O4S/c1-18(2)20-9-11-21(12-10-20)33-17-24(30)28-26-25(27(31)32-3)22-13-14-29(16-23(22)34-26)15-19-7-5-4-6-8-19/h4-12,18H,13-17H2,1-3H3,(H,28,30). The minimum atomic E-state index is -0.422. The number of anilines is 1.